The summed E-state index contributed by atoms with van der Waals surface area (Å²) in [6.45, 7) is 0.384. The van der Waals surface area contributed by atoms with Crippen LogP contribution in [-0.4, -0.2) is 17.0 Å². The van der Waals surface area contributed by atoms with Gasteiger partial charge in [0.25, 0.3) is 0 Å². The molecule has 0 saturated heterocycles. The molecule has 0 bridgehead atoms. The second-order valence-corrected chi connectivity index (χ2v) is 5.40. The normalized spacial score (nSPS) is 14.4. The number of hydrogen-bond acceptors (Lipinski definition) is 2. The molecule has 4 heteroatoms. The van der Waals surface area contributed by atoms with E-state index in [0.717, 1.165) is 24.0 Å². The monoisotopic (exact) mass is 287 g/mol. The average molecular weight is 287 g/mol. The lowest BCUT2D eigenvalue weighted by Gasteiger charge is -2.13. The standard InChI is InChI=1S/C17H21NO3/c19-16(10-13-6-2-1-3-7-13)18-12-15-9-5-4-8-14(15)11-17(20)21/h4-6,8-9H,1-3,7,10-12H2,(H,18,19)(H,20,21). The fourth-order valence-corrected chi connectivity index (χ4v) is 2.59. The fraction of sp³-hybridized carbons (Fsp3) is 0.412. The Balaban J connectivity index is 1.88. The highest BCUT2D eigenvalue weighted by molar-refractivity contribution is 5.78. The van der Waals surface area contributed by atoms with E-state index in [1.165, 1.54) is 18.4 Å². The largest absolute Gasteiger partial charge is 0.481 e. The molecule has 2 N–H and O–H groups in total. The highest BCUT2D eigenvalue weighted by Crippen LogP contribution is 2.20. The maximum Gasteiger partial charge on any atom is 0.307 e. The van der Waals surface area contributed by atoms with Gasteiger partial charge < -0.3 is 10.4 Å². The van der Waals surface area contributed by atoms with Crippen LogP contribution < -0.4 is 5.32 Å². The van der Waals surface area contributed by atoms with Gasteiger partial charge in [0, 0.05) is 13.0 Å². The Hall–Kier alpha value is -2.10. The number of allylic oxidation sites excluding steroid dienone is 1. The lowest BCUT2D eigenvalue weighted by molar-refractivity contribution is -0.136. The minimum Gasteiger partial charge on any atom is -0.481 e. The highest BCUT2D eigenvalue weighted by Gasteiger charge is 2.10. The van der Waals surface area contributed by atoms with E-state index in [4.69, 9.17) is 5.11 Å². The molecule has 1 amide bonds. The number of hydrogen-bond donors (Lipinski definition) is 2. The molecule has 1 aliphatic carbocycles. The van der Waals surface area contributed by atoms with E-state index in [0.29, 0.717) is 13.0 Å². The van der Waals surface area contributed by atoms with Gasteiger partial charge in [-0.3, -0.25) is 9.59 Å². The van der Waals surface area contributed by atoms with E-state index < -0.39 is 5.97 Å². The van der Waals surface area contributed by atoms with Gasteiger partial charge >= 0.3 is 5.97 Å². The van der Waals surface area contributed by atoms with Gasteiger partial charge in [-0.2, -0.15) is 0 Å². The van der Waals surface area contributed by atoms with Crippen LogP contribution in [0, 0.1) is 0 Å². The smallest absolute Gasteiger partial charge is 0.307 e. The van der Waals surface area contributed by atoms with Gasteiger partial charge in [0.15, 0.2) is 0 Å². The quantitative estimate of drug-likeness (QED) is 0.791. The van der Waals surface area contributed by atoms with Crippen LogP contribution in [0.4, 0.5) is 0 Å². The first kappa shape index (κ1) is 15.3. The number of aliphatic carboxylic acids is 1. The number of carbonyl (C=O) groups is 2. The lowest BCUT2D eigenvalue weighted by Crippen LogP contribution is -2.24. The van der Waals surface area contributed by atoms with Crippen molar-refractivity contribution >= 4 is 11.9 Å². The molecule has 112 valence electrons. The van der Waals surface area contributed by atoms with Crippen molar-refractivity contribution in [2.45, 2.75) is 45.1 Å². The molecule has 4 nitrogen and oxygen atoms in total. The van der Waals surface area contributed by atoms with Gasteiger partial charge in [-0.1, -0.05) is 35.9 Å². The van der Waals surface area contributed by atoms with Crippen LogP contribution >= 0.6 is 0 Å². The third kappa shape index (κ3) is 5.06. The SMILES string of the molecule is O=C(O)Cc1ccccc1CNC(=O)CC1=CCCCC1. The first-order chi connectivity index (χ1) is 10.1. The first-order valence-electron chi connectivity index (χ1n) is 7.38. The van der Waals surface area contributed by atoms with Gasteiger partial charge in [-0.15, -0.1) is 0 Å². The Kier molecular flexibility index (Phi) is 5.55. The molecule has 0 atom stereocenters. The summed E-state index contributed by atoms with van der Waals surface area (Å²) in [6.07, 6.45) is 7.08. The van der Waals surface area contributed by atoms with Crippen LogP contribution in [0.1, 0.15) is 43.2 Å². The zero-order valence-corrected chi connectivity index (χ0v) is 12.1. The van der Waals surface area contributed by atoms with Crippen LogP contribution in [0.5, 0.6) is 0 Å². The lowest BCUT2D eigenvalue weighted by atomic mass is 9.97. The van der Waals surface area contributed by atoms with E-state index >= 15 is 0 Å². The van der Waals surface area contributed by atoms with Crippen molar-refractivity contribution in [2.24, 2.45) is 0 Å². The maximum atomic E-state index is 11.9. The Morgan fingerprint density at radius 3 is 2.52 bits per heavy atom. The zero-order valence-electron chi connectivity index (χ0n) is 12.1. The van der Waals surface area contributed by atoms with E-state index in [9.17, 15) is 9.59 Å². The molecule has 0 fully saturated rings. The Labute approximate surface area is 124 Å². The van der Waals surface area contributed by atoms with E-state index in [1.807, 2.05) is 18.2 Å². The van der Waals surface area contributed by atoms with Gasteiger partial charge in [-0.25, -0.2) is 0 Å². The molecule has 21 heavy (non-hydrogen) atoms. The highest BCUT2D eigenvalue weighted by atomic mass is 16.4. The number of rotatable bonds is 6. The summed E-state index contributed by atoms with van der Waals surface area (Å²) in [5, 5.41) is 11.8. The molecule has 0 aliphatic heterocycles. The van der Waals surface area contributed by atoms with Gasteiger partial charge in [-0.05, 0) is 36.8 Å². The van der Waals surface area contributed by atoms with E-state index in [1.54, 1.807) is 6.07 Å². The maximum absolute atomic E-state index is 11.9. The third-order valence-corrected chi connectivity index (χ3v) is 3.71. The van der Waals surface area contributed by atoms with Gasteiger partial charge in [0.05, 0.1) is 6.42 Å². The molecular formula is C17H21NO3. The van der Waals surface area contributed by atoms with Gasteiger partial charge in [0.2, 0.25) is 5.91 Å². The predicted octanol–water partition coefficient (Wildman–Crippen LogP) is 2.82. The third-order valence-electron chi connectivity index (χ3n) is 3.71. The predicted molar refractivity (Wildman–Crippen MR) is 80.8 cm³/mol. The molecule has 2 rings (SSSR count). The van der Waals surface area contributed by atoms with E-state index in [2.05, 4.69) is 11.4 Å². The number of carbonyl (C=O) groups excluding carboxylic acids is 1. The zero-order chi connectivity index (χ0) is 15.1. The molecule has 0 unspecified atom stereocenters. The minimum absolute atomic E-state index is 0.00766. The van der Waals surface area contributed by atoms with Crippen LogP contribution in [0.25, 0.3) is 0 Å². The Bertz CT molecular complexity index is 549. The van der Waals surface area contributed by atoms with Crippen molar-refractivity contribution in [3.05, 3.63) is 47.0 Å². The molecular weight excluding hydrogens is 266 g/mol. The summed E-state index contributed by atoms with van der Waals surface area (Å²) in [5.41, 5.74) is 2.84. The molecule has 0 spiro atoms. The molecule has 0 radical (unpaired) electrons. The molecule has 0 aromatic heterocycles. The van der Waals surface area contributed by atoms with Crippen molar-refractivity contribution in [1.29, 1.82) is 0 Å². The summed E-state index contributed by atoms with van der Waals surface area (Å²) < 4.78 is 0. The minimum atomic E-state index is -0.860. The molecule has 1 aliphatic rings. The summed E-state index contributed by atoms with van der Waals surface area (Å²) in [5.74, 6) is -0.852. The Morgan fingerprint density at radius 1 is 1.10 bits per heavy atom. The van der Waals surface area contributed by atoms with Crippen LogP contribution in [0.3, 0.4) is 0 Å². The number of nitrogens with one attached hydrogen (secondary N) is 1. The summed E-state index contributed by atoms with van der Waals surface area (Å²) in [7, 11) is 0. The van der Waals surface area contributed by atoms with Gasteiger partial charge in [0.1, 0.15) is 0 Å². The second kappa shape index (κ2) is 7.62. The van der Waals surface area contributed by atoms with Crippen LogP contribution in [0.2, 0.25) is 0 Å². The van der Waals surface area contributed by atoms with Crippen LogP contribution in [-0.2, 0) is 22.6 Å². The summed E-state index contributed by atoms with van der Waals surface area (Å²) in [6, 6.07) is 7.32. The average Bonchev–Trinajstić information content (AvgIpc) is 2.47. The second-order valence-electron chi connectivity index (χ2n) is 5.40. The molecule has 0 heterocycles. The molecule has 0 saturated carbocycles. The molecule has 1 aromatic rings. The van der Waals surface area contributed by atoms with Crippen molar-refractivity contribution in [1.82, 2.24) is 5.32 Å². The number of benzene rings is 1. The summed E-state index contributed by atoms with van der Waals surface area (Å²) >= 11 is 0. The van der Waals surface area contributed by atoms with Crippen molar-refractivity contribution in [3.63, 3.8) is 0 Å². The fourth-order valence-electron chi connectivity index (χ4n) is 2.59. The van der Waals surface area contributed by atoms with Crippen molar-refractivity contribution in [2.75, 3.05) is 0 Å². The van der Waals surface area contributed by atoms with Crippen LogP contribution in [0.15, 0.2) is 35.9 Å². The number of amides is 1. The number of carboxylic acid groups (broad SMARTS) is 1. The van der Waals surface area contributed by atoms with Crippen molar-refractivity contribution in [3.8, 4) is 0 Å². The Morgan fingerprint density at radius 2 is 1.86 bits per heavy atom. The first-order valence-corrected chi connectivity index (χ1v) is 7.38. The summed E-state index contributed by atoms with van der Waals surface area (Å²) in [4.78, 5) is 22.8. The number of carboxylic acids is 1. The van der Waals surface area contributed by atoms with Crippen molar-refractivity contribution < 1.29 is 14.7 Å². The molecule has 1 aromatic carbocycles. The topological polar surface area (TPSA) is 66.4 Å². The van der Waals surface area contributed by atoms with E-state index in [-0.39, 0.29) is 12.3 Å².